The monoisotopic (exact) mass is 534 g/mol. The van der Waals surface area contributed by atoms with Gasteiger partial charge in [0.2, 0.25) is 17.7 Å². The number of carboxylic acids is 1. The molecule has 0 rings (SSSR count). The number of nitrogens with one attached hydrogen (secondary N) is 3. The maximum atomic E-state index is 13.1. The van der Waals surface area contributed by atoms with Crippen molar-refractivity contribution in [3.05, 3.63) is 0 Å². The molecule has 0 saturated heterocycles. The molecule has 0 bridgehead atoms. The van der Waals surface area contributed by atoms with Gasteiger partial charge in [-0.1, -0.05) is 0 Å². The molecule has 0 aromatic heterocycles. The Balaban J connectivity index is 5.38. The van der Waals surface area contributed by atoms with Crippen molar-refractivity contribution >= 4 is 41.4 Å². The quantitative estimate of drug-likeness (QED) is 0.0463. The zero-order valence-electron chi connectivity index (χ0n) is 20.9. The number of thioether (sulfide) groups is 1. The highest BCUT2D eigenvalue weighted by molar-refractivity contribution is 7.98. The highest BCUT2D eigenvalue weighted by Gasteiger charge is 2.31. The van der Waals surface area contributed by atoms with E-state index in [-0.39, 0.29) is 25.2 Å². The van der Waals surface area contributed by atoms with Gasteiger partial charge in [-0.2, -0.15) is 11.8 Å². The van der Waals surface area contributed by atoms with Crippen molar-refractivity contribution < 1.29 is 29.4 Å². The van der Waals surface area contributed by atoms with Gasteiger partial charge >= 0.3 is 5.97 Å². The van der Waals surface area contributed by atoms with Crippen molar-refractivity contribution in [3.8, 4) is 0 Å². The van der Waals surface area contributed by atoms with Crippen LogP contribution in [0.1, 0.15) is 45.4 Å². The number of nitrogens with two attached hydrogens (primary N) is 4. The molecule has 0 aliphatic carbocycles. The van der Waals surface area contributed by atoms with E-state index in [2.05, 4.69) is 20.9 Å². The summed E-state index contributed by atoms with van der Waals surface area (Å²) in [5.74, 6) is -2.89. The van der Waals surface area contributed by atoms with E-state index in [1.54, 1.807) is 0 Å². The summed E-state index contributed by atoms with van der Waals surface area (Å²) in [6, 6.07) is -4.50. The first-order valence-corrected chi connectivity index (χ1v) is 13.2. The second-order valence-corrected chi connectivity index (χ2v) is 9.29. The molecule has 36 heavy (non-hydrogen) atoms. The summed E-state index contributed by atoms with van der Waals surface area (Å²) in [4.78, 5) is 53.6. The maximum Gasteiger partial charge on any atom is 0.328 e. The Hall–Kier alpha value is -2.62. The van der Waals surface area contributed by atoms with Gasteiger partial charge < -0.3 is 49.1 Å². The van der Waals surface area contributed by atoms with E-state index < -0.39 is 54.0 Å². The van der Waals surface area contributed by atoms with Crippen LogP contribution >= 0.6 is 11.8 Å². The standard InChI is InChI=1S/C21H42N8O6S/c1-12(30)16(20(34)35)29-19(33)15(8-11-36-2)28-18(32)14(7-3-4-9-22)27-17(31)13(23)6-5-10-26-21(24)25/h12-16,30H,3-11,22-23H2,1-2H3,(H,27,31)(H,28,32)(H,29,33)(H,34,35)(H4,24,25,26). The number of nitrogens with zero attached hydrogens (tertiary/aromatic N) is 1. The highest BCUT2D eigenvalue weighted by atomic mass is 32.2. The first kappa shape index (κ1) is 33.4. The summed E-state index contributed by atoms with van der Waals surface area (Å²) in [5.41, 5.74) is 22.0. The first-order chi connectivity index (χ1) is 16.9. The van der Waals surface area contributed by atoms with Gasteiger partial charge in [0.1, 0.15) is 12.1 Å². The molecular formula is C21H42N8O6S. The number of aliphatic hydroxyl groups is 1. The average molecular weight is 535 g/mol. The van der Waals surface area contributed by atoms with E-state index in [1.807, 2.05) is 6.26 Å². The molecule has 0 spiro atoms. The lowest BCUT2D eigenvalue weighted by Gasteiger charge is -2.25. The van der Waals surface area contributed by atoms with Gasteiger partial charge in [-0.3, -0.25) is 19.4 Å². The fraction of sp³-hybridized carbons (Fsp3) is 0.762. The third-order valence-electron chi connectivity index (χ3n) is 5.17. The minimum absolute atomic E-state index is 0.0622. The van der Waals surface area contributed by atoms with Crippen LogP contribution in [0.5, 0.6) is 0 Å². The molecule has 208 valence electrons. The molecule has 0 radical (unpaired) electrons. The summed E-state index contributed by atoms with van der Waals surface area (Å²) in [5, 5.41) is 26.4. The molecule has 0 saturated carbocycles. The van der Waals surface area contributed by atoms with Crippen molar-refractivity contribution in [2.45, 2.75) is 75.7 Å². The van der Waals surface area contributed by atoms with E-state index in [4.69, 9.17) is 22.9 Å². The summed E-state index contributed by atoms with van der Waals surface area (Å²) in [7, 11) is 0. The lowest BCUT2D eigenvalue weighted by Crippen LogP contribution is -2.58. The SMILES string of the molecule is CSCCC(NC(=O)C(CCCCN)NC(=O)C(N)CCCN=C(N)N)C(=O)NC(C(=O)O)C(C)O. The molecule has 5 atom stereocenters. The van der Waals surface area contributed by atoms with Crippen LogP contribution in [0.2, 0.25) is 0 Å². The molecule has 14 nitrogen and oxygen atoms in total. The van der Waals surface area contributed by atoms with Crippen molar-refractivity contribution in [2.24, 2.45) is 27.9 Å². The largest absolute Gasteiger partial charge is 0.480 e. The number of guanidine groups is 1. The molecule has 0 fully saturated rings. The van der Waals surface area contributed by atoms with E-state index >= 15 is 0 Å². The van der Waals surface area contributed by atoms with Crippen LogP contribution in [0.25, 0.3) is 0 Å². The number of aliphatic carboxylic acids is 1. The van der Waals surface area contributed by atoms with Gasteiger partial charge in [-0.05, 0) is 64.0 Å². The number of rotatable bonds is 19. The smallest absolute Gasteiger partial charge is 0.328 e. The number of amides is 3. The topological polar surface area (TPSA) is 261 Å². The summed E-state index contributed by atoms with van der Waals surface area (Å²) in [6.45, 7) is 1.94. The Morgan fingerprint density at radius 2 is 1.50 bits per heavy atom. The van der Waals surface area contributed by atoms with Crippen LogP contribution in [0, 0.1) is 0 Å². The number of carboxylic acid groups (broad SMARTS) is 1. The summed E-state index contributed by atoms with van der Waals surface area (Å²) in [6.07, 6.45) is 2.85. The van der Waals surface area contributed by atoms with E-state index in [0.717, 1.165) is 0 Å². The minimum Gasteiger partial charge on any atom is -0.480 e. The van der Waals surface area contributed by atoms with Gasteiger partial charge in [-0.25, -0.2) is 4.79 Å². The van der Waals surface area contributed by atoms with Crippen molar-refractivity contribution in [3.63, 3.8) is 0 Å². The van der Waals surface area contributed by atoms with Crippen molar-refractivity contribution in [1.82, 2.24) is 16.0 Å². The zero-order valence-corrected chi connectivity index (χ0v) is 21.8. The van der Waals surface area contributed by atoms with Gasteiger partial charge in [0.25, 0.3) is 0 Å². The third-order valence-corrected chi connectivity index (χ3v) is 5.82. The molecule has 0 heterocycles. The van der Waals surface area contributed by atoms with E-state index in [9.17, 15) is 29.4 Å². The maximum absolute atomic E-state index is 13.1. The summed E-state index contributed by atoms with van der Waals surface area (Å²) < 4.78 is 0. The lowest BCUT2D eigenvalue weighted by atomic mass is 10.1. The van der Waals surface area contributed by atoms with Gasteiger partial charge in [0.05, 0.1) is 12.1 Å². The molecule has 3 amide bonds. The molecule has 0 aliphatic heterocycles. The second kappa shape index (κ2) is 18.6. The predicted molar refractivity (Wildman–Crippen MR) is 139 cm³/mol. The highest BCUT2D eigenvalue weighted by Crippen LogP contribution is 2.07. The fourth-order valence-corrected chi connectivity index (χ4v) is 3.58. The third kappa shape index (κ3) is 14.1. The lowest BCUT2D eigenvalue weighted by molar-refractivity contribution is -0.145. The average Bonchev–Trinajstić information content (AvgIpc) is 2.81. The van der Waals surface area contributed by atoms with Crippen molar-refractivity contribution in [2.75, 3.05) is 25.1 Å². The van der Waals surface area contributed by atoms with Crippen LogP contribution < -0.4 is 38.9 Å². The molecule has 0 aromatic rings. The van der Waals surface area contributed by atoms with Crippen LogP contribution in [-0.4, -0.2) is 95.2 Å². The number of carbonyl (C=O) groups is 4. The Morgan fingerprint density at radius 3 is 2.03 bits per heavy atom. The Kier molecular flexibility index (Phi) is 17.3. The molecule has 5 unspecified atom stereocenters. The van der Waals surface area contributed by atoms with Crippen molar-refractivity contribution in [1.29, 1.82) is 0 Å². The zero-order chi connectivity index (χ0) is 27.7. The molecular weight excluding hydrogens is 492 g/mol. The van der Waals surface area contributed by atoms with Crippen LogP contribution in [0.4, 0.5) is 0 Å². The van der Waals surface area contributed by atoms with Crippen LogP contribution in [0.3, 0.4) is 0 Å². The van der Waals surface area contributed by atoms with E-state index in [0.29, 0.717) is 38.1 Å². The number of aliphatic hydroxyl groups excluding tert-OH is 1. The van der Waals surface area contributed by atoms with Gasteiger partial charge in [0, 0.05) is 6.54 Å². The Morgan fingerprint density at radius 1 is 0.917 bits per heavy atom. The Bertz CT molecular complexity index is 735. The first-order valence-electron chi connectivity index (χ1n) is 11.8. The molecule has 0 aromatic carbocycles. The number of unbranched alkanes of at least 4 members (excludes halogenated alkanes) is 1. The second-order valence-electron chi connectivity index (χ2n) is 8.31. The normalized spacial score (nSPS) is 15.0. The predicted octanol–water partition coefficient (Wildman–Crippen LogP) is -2.83. The summed E-state index contributed by atoms with van der Waals surface area (Å²) >= 11 is 1.43. The van der Waals surface area contributed by atoms with Crippen LogP contribution in [0.15, 0.2) is 4.99 Å². The number of aliphatic imine (C=N–C) groups is 1. The number of hydrogen-bond acceptors (Lipinski definition) is 9. The molecule has 13 N–H and O–H groups in total. The van der Waals surface area contributed by atoms with Crippen LogP contribution in [-0.2, 0) is 19.2 Å². The van der Waals surface area contributed by atoms with Gasteiger partial charge in [-0.15, -0.1) is 0 Å². The van der Waals surface area contributed by atoms with E-state index in [1.165, 1.54) is 18.7 Å². The minimum atomic E-state index is -1.54. The number of carbonyl (C=O) groups excluding carboxylic acids is 3. The number of hydrogen-bond donors (Lipinski definition) is 9. The molecule has 0 aliphatic rings. The Labute approximate surface area is 215 Å². The van der Waals surface area contributed by atoms with Gasteiger partial charge in [0.15, 0.2) is 12.0 Å². The molecule has 15 heteroatoms. The fourth-order valence-electron chi connectivity index (χ4n) is 3.11.